The number of carboxylic acids is 1. The first-order valence-corrected chi connectivity index (χ1v) is 2.45. The number of hydrogen-bond acceptors (Lipinski definition) is 4. The first-order valence-electron chi connectivity index (χ1n) is 2.45. The zero-order valence-electron chi connectivity index (χ0n) is 5.23. The van der Waals surface area contributed by atoms with Gasteiger partial charge in [-0.15, -0.1) is 4.91 Å². The van der Waals surface area contributed by atoms with Crippen LogP contribution >= 0.6 is 0 Å². The minimum absolute atomic E-state index is 0.686. The maximum Gasteiger partial charge on any atom is 0.394 e. The van der Waals surface area contributed by atoms with Crippen molar-refractivity contribution < 1.29 is 19.5 Å². The molecular weight excluding hydrogens is 156 g/mol. The van der Waals surface area contributed by atoms with Crippen LogP contribution in [0.15, 0.2) is 5.18 Å². The smallest absolute Gasteiger partial charge is 0.394 e. The molecule has 0 rings (SSSR count). The Hall–Kier alpha value is -1.79. The topological polar surface area (TPSA) is 113 Å². The highest BCUT2D eigenvalue weighted by atomic mass is 16.4. The molecule has 7 heteroatoms. The summed E-state index contributed by atoms with van der Waals surface area (Å²) in [5, 5.41) is 11.5. The molecule has 60 valence electrons. The van der Waals surface area contributed by atoms with Crippen LogP contribution in [0.25, 0.3) is 0 Å². The summed E-state index contributed by atoms with van der Waals surface area (Å²) in [7, 11) is 0. The van der Waals surface area contributed by atoms with Gasteiger partial charge in [-0.25, -0.2) is 4.79 Å². The van der Waals surface area contributed by atoms with Gasteiger partial charge in [0.25, 0.3) is 0 Å². The Kier molecular flexibility index (Phi) is 3.43. The molecule has 0 aromatic carbocycles. The van der Waals surface area contributed by atoms with Gasteiger partial charge in [-0.3, -0.25) is 9.59 Å². The Balaban J connectivity index is 3.71. The van der Waals surface area contributed by atoms with E-state index in [0.717, 1.165) is 0 Å². The Morgan fingerprint density at radius 1 is 1.36 bits per heavy atom. The molecule has 0 saturated heterocycles. The van der Waals surface area contributed by atoms with E-state index in [4.69, 9.17) is 5.11 Å². The fourth-order valence-corrected chi connectivity index (χ4v) is 0.264. The second kappa shape index (κ2) is 4.09. The normalized spacial score (nSPS) is 8.36. The van der Waals surface area contributed by atoms with E-state index in [1.165, 1.54) is 0 Å². The molecule has 7 nitrogen and oxygen atoms in total. The third kappa shape index (κ3) is 3.73. The first-order chi connectivity index (χ1) is 5.07. The van der Waals surface area contributed by atoms with Crippen LogP contribution in [0.4, 0.5) is 0 Å². The lowest BCUT2D eigenvalue weighted by Gasteiger charge is -1.93. The number of nitrogens with zero attached hydrogens (tertiary/aromatic N) is 1. The van der Waals surface area contributed by atoms with E-state index < -0.39 is 24.3 Å². The lowest BCUT2D eigenvalue weighted by Crippen LogP contribution is -2.34. The number of nitroso groups, excluding NO2 is 1. The molecule has 0 radical (unpaired) electrons. The molecular formula is C4H4N2O5. The van der Waals surface area contributed by atoms with Crippen molar-refractivity contribution >= 4 is 17.8 Å². The van der Waals surface area contributed by atoms with Crippen LogP contribution in [0.3, 0.4) is 0 Å². The number of carbonyl (C=O) groups is 3. The van der Waals surface area contributed by atoms with Gasteiger partial charge in [0.1, 0.15) is 6.54 Å². The molecule has 0 aliphatic carbocycles. The van der Waals surface area contributed by atoms with Crippen molar-refractivity contribution in [3.8, 4) is 0 Å². The summed E-state index contributed by atoms with van der Waals surface area (Å²) >= 11 is 0. The number of hydrogen-bond donors (Lipinski definition) is 2. The zero-order chi connectivity index (χ0) is 8.85. The molecule has 0 bridgehead atoms. The van der Waals surface area contributed by atoms with Crippen molar-refractivity contribution in [2.24, 2.45) is 5.18 Å². The summed E-state index contributed by atoms with van der Waals surface area (Å²) in [5.41, 5.74) is 0. The van der Waals surface area contributed by atoms with E-state index in [9.17, 15) is 19.3 Å². The van der Waals surface area contributed by atoms with Crippen LogP contribution in [-0.2, 0) is 14.4 Å². The van der Waals surface area contributed by atoms with E-state index in [2.05, 4.69) is 0 Å². The predicted molar refractivity (Wildman–Crippen MR) is 31.4 cm³/mol. The van der Waals surface area contributed by atoms with Crippen LogP contribution < -0.4 is 5.32 Å². The van der Waals surface area contributed by atoms with E-state index in [-0.39, 0.29) is 0 Å². The number of aliphatic carboxylic acids is 1. The fraction of sp³-hybridized carbons (Fsp3) is 0.250. The van der Waals surface area contributed by atoms with Gasteiger partial charge >= 0.3 is 17.8 Å². The fourth-order valence-electron chi connectivity index (χ4n) is 0.264. The SMILES string of the molecule is O=NC(=O)CNC(=O)C(=O)O. The summed E-state index contributed by atoms with van der Waals surface area (Å²) in [6, 6.07) is 0. The predicted octanol–water partition coefficient (Wildman–Crippen LogP) is -1.52. The molecule has 2 amide bonds. The molecule has 0 aliphatic rings. The van der Waals surface area contributed by atoms with Gasteiger partial charge < -0.3 is 10.4 Å². The maximum atomic E-state index is 10.2. The van der Waals surface area contributed by atoms with Crippen LogP contribution in [0.2, 0.25) is 0 Å². The van der Waals surface area contributed by atoms with Crippen LogP contribution in [0.5, 0.6) is 0 Å². The number of carbonyl (C=O) groups excluding carboxylic acids is 2. The largest absolute Gasteiger partial charge is 0.474 e. The zero-order valence-corrected chi connectivity index (χ0v) is 5.23. The number of nitrogens with one attached hydrogen (secondary N) is 1. The maximum absolute atomic E-state index is 10.2. The summed E-state index contributed by atoms with van der Waals surface area (Å²) in [6.45, 7) is -0.686. The van der Waals surface area contributed by atoms with E-state index in [0.29, 0.717) is 0 Å². The molecule has 0 spiro atoms. The van der Waals surface area contributed by atoms with Gasteiger partial charge in [-0.05, 0) is 0 Å². The molecule has 0 heterocycles. The summed E-state index contributed by atoms with van der Waals surface area (Å²) in [4.78, 5) is 39.4. The van der Waals surface area contributed by atoms with Crippen molar-refractivity contribution in [2.45, 2.75) is 0 Å². The molecule has 0 saturated carbocycles. The Morgan fingerprint density at radius 3 is 2.27 bits per heavy atom. The van der Waals surface area contributed by atoms with Crippen LogP contribution in [0, 0.1) is 4.91 Å². The summed E-state index contributed by atoms with van der Waals surface area (Å²) in [6.07, 6.45) is 0. The second-order valence-corrected chi connectivity index (χ2v) is 1.47. The molecule has 0 unspecified atom stereocenters. The van der Waals surface area contributed by atoms with Gasteiger partial charge in [0, 0.05) is 5.18 Å². The van der Waals surface area contributed by atoms with Gasteiger partial charge in [-0.2, -0.15) is 0 Å². The number of amides is 2. The molecule has 0 fully saturated rings. The summed E-state index contributed by atoms with van der Waals surface area (Å²) in [5.74, 6) is -4.19. The third-order valence-electron chi connectivity index (χ3n) is 0.696. The minimum Gasteiger partial charge on any atom is -0.474 e. The molecule has 11 heavy (non-hydrogen) atoms. The lowest BCUT2D eigenvalue weighted by molar-refractivity contribution is -0.150. The van der Waals surface area contributed by atoms with Crippen molar-refractivity contribution in [2.75, 3.05) is 6.54 Å². The standard InChI is InChI=1S/C4H4N2O5/c7-2(6-11)1-5-3(8)4(9)10/h1H2,(H,5,8)(H,9,10). The first kappa shape index (κ1) is 9.21. The monoisotopic (exact) mass is 160 g/mol. The van der Waals surface area contributed by atoms with Crippen molar-refractivity contribution in [1.29, 1.82) is 0 Å². The highest BCUT2D eigenvalue weighted by Gasteiger charge is 2.11. The molecule has 0 aliphatic heterocycles. The van der Waals surface area contributed by atoms with Gasteiger partial charge in [0.05, 0.1) is 0 Å². The van der Waals surface area contributed by atoms with Crippen molar-refractivity contribution in [1.82, 2.24) is 5.32 Å². The van der Waals surface area contributed by atoms with Crippen molar-refractivity contribution in [3.05, 3.63) is 4.91 Å². The van der Waals surface area contributed by atoms with Gasteiger partial charge in [0.15, 0.2) is 0 Å². The van der Waals surface area contributed by atoms with Crippen molar-refractivity contribution in [3.63, 3.8) is 0 Å². The number of rotatable bonds is 2. The summed E-state index contributed by atoms with van der Waals surface area (Å²) < 4.78 is 0. The van der Waals surface area contributed by atoms with Gasteiger partial charge in [-0.1, -0.05) is 0 Å². The minimum atomic E-state index is -1.72. The lowest BCUT2D eigenvalue weighted by atomic mass is 10.5. The highest BCUT2D eigenvalue weighted by Crippen LogP contribution is 1.71. The molecule has 0 aromatic heterocycles. The Morgan fingerprint density at radius 2 is 1.91 bits per heavy atom. The van der Waals surface area contributed by atoms with Crippen LogP contribution in [0.1, 0.15) is 0 Å². The molecule has 2 N–H and O–H groups in total. The average Bonchev–Trinajstić information content (AvgIpc) is 1.99. The average molecular weight is 160 g/mol. The quantitative estimate of drug-likeness (QED) is 0.376. The van der Waals surface area contributed by atoms with Crippen LogP contribution in [-0.4, -0.2) is 29.4 Å². The highest BCUT2D eigenvalue weighted by molar-refractivity contribution is 6.31. The number of carboxylic acid groups (broad SMARTS) is 1. The third-order valence-corrected chi connectivity index (χ3v) is 0.696. The Bertz CT molecular complexity index is 211. The van der Waals surface area contributed by atoms with Gasteiger partial charge in [0.2, 0.25) is 0 Å². The van der Waals surface area contributed by atoms with E-state index in [1.807, 2.05) is 5.18 Å². The van der Waals surface area contributed by atoms with E-state index in [1.54, 1.807) is 5.32 Å². The molecule has 0 atom stereocenters. The molecule has 0 aromatic rings. The Labute approximate surface area is 60.4 Å². The van der Waals surface area contributed by atoms with E-state index >= 15 is 0 Å². The second-order valence-electron chi connectivity index (χ2n) is 1.47.